The Morgan fingerprint density at radius 3 is 2.39 bits per heavy atom. The Bertz CT molecular complexity index is 912. The molecular formula is C21H27FN2O3S. The second-order valence-electron chi connectivity index (χ2n) is 6.96. The van der Waals surface area contributed by atoms with Gasteiger partial charge in [0.15, 0.2) is 0 Å². The van der Waals surface area contributed by atoms with Gasteiger partial charge in [-0.2, -0.15) is 0 Å². The molecule has 0 saturated carbocycles. The van der Waals surface area contributed by atoms with Crippen LogP contribution in [-0.2, 0) is 16.6 Å². The maximum Gasteiger partial charge on any atom is 0.254 e. The Hall–Kier alpha value is -2.41. The Labute approximate surface area is 166 Å². The third kappa shape index (κ3) is 6.64. The number of carbonyl (C=O) groups excluding carboxylic acids is 1. The Kier molecular flexibility index (Phi) is 7.57. The second kappa shape index (κ2) is 9.68. The van der Waals surface area contributed by atoms with Crippen molar-refractivity contribution in [3.8, 4) is 0 Å². The fourth-order valence-electron chi connectivity index (χ4n) is 2.86. The van der Waals surface area contributed by atoms with Crippen LogP contribution in [0.5, 0.6) is 0 Å². The largest absolute Gasteiger partial charge is 0.334 e. The van der Waals surface area contributed by atoms with E-state index in [4.69, 9.17) is 0 Å². The number of amides is 1. The molecule has 0 bridgehead atoms. The summed E-state index contributed by atoms with van der Waals surface area (Å²) in [6.07, 6.45) is 3.98. The topological polar surface area (TPSA) is 66.5 Å². The van der Waals surface area contributed by atoms with Gasteiger partial charge in [0.1, 0.15) is 5.82 Å². The van der Waals surface area contributed by atoms with Crippen molar-refractivity contribution in [3.05, 3.63) is 65.0 Å². The minimum atomic E-state index is -3.44. The van der Waals surface area contributed by atoms with Crippen molar-refractivity contribution in [2.75, 3.05) is 17.5 Å². The van der Waals surface area contributed by atoms with Crippen molar-refractivity contribution in [2.45, 2.75) is 39.7 Å². The van der Waals surface area contributed by atoms with Crippen molar-refractivity contribution < 1.29 is 17.6 Å². The van der Waals surface area contributed by atoms with Gasteiger partial charge in [-0.25, -0.2) is 12.8 Å². The minimum Gasteiger partial charge on any atom is -0.334 e. The summed E-state index contributed by atoms with van der Waals surface area (Å²) in [5, 5.41) is 0. The lowest BCUT2D eigenvalue weighted by Crippen LogP contribution is -2.31. The molecule has 0 radical (unpaired) electrons. The molecule has 0 aliphatic rings. The molecule has 0 atom stereocenters. The van der Waals surface area contributed by atoms with Crippen molar-refractivity contribution in [1.82, 2.24) is 4.90 Å². The number of anilines is 1. The molecule has 7 heteroatoms. The molecule has 1 amide bonds. The maximum absolute atomic E-state index is 13.2. The third-order valence-electron chi connectivity index (χ3n) is 4.39. The van der Waals surface area contributed by atoms with E-state index in [1.54, 1.807) is 42.2 Å². The third-order valence-corrected chi connectivity index (χ3v) is 4.98. The van der Waals surface area contributed by atoms with E-state index < -0.39 is 10.0 Å². The molecule has 0 saturated heterocycles. The van der Waals surface area contributed by atoms with E-state index in [9.17, 15) is 17.6 Å². The second-order valence-corrected chi connectivity index (χ2v) is 8.71. The molecule has 0 aliphatic carbocycles. The minimum absolute atomic E-state index is 0.183. The van der Waals surface area contributed by atoms with Gasteiger partial charge in [-0.15, -0.1) is 0 Å². The van der Waals surface area contributed by atoms with Crippen LogP contribution < -0.4 is 4.72 Å². The quantitative estimate of drug-likeness (QED) is 0.630. The van der Waals surface area contributed by atoms with E-state index in [2.05, 4.69) is 11.6 Å². The molecule has 1 N–H and O–H groups in total. The highest BCUT2D eigenvalue weighted by Crippen LogP contribution is 2.20. The average Bonchev–Trinajstić information content (AvgIpc) is 2.63. The fraction of sp³-hybridized carbons (Fsp3) is 0.381. The highest BCUT2D eigenvalue weighted by Gasteiger charge is 2.18. The first kappa shape index (κ1) is 21.9. The SMILES string of the molecule is CCCCCN(Cc1ccc(F)cc1)C(=O)c1ccc(C)c(NS(C)(=O)=O)c1. The predicted octanol–water partition coefficient (Wildman–Crippen LogP) is 4.34. The van der Waals surface area contributed by atoms with E-state index in [0.717, 1.165) is 36.6 Å². The number of carbonyl (C=O) groups is 1. The van der Waals surface area contributed by atoms with Crippen LogP contribution in [0.4, 0.5) is 10.1 Å². The maximum atomic E-state index is 13.2. The van der Waals surface area contributed by atoms with Crippen LogP contribution in [0.25, 0.3) is 0 Å². The summed E-state index contributed by atoms with van der Waals surface area (Å²) in [4.78, 5) is 14.8. The number of nitrogens with one attached hydrogen (secondary N) is 1. The van der Waals surface area contributed by atoms with E-state index >= 15 is 0 Å². The van der Waals surface area contributed by atoms with Crippen molar-refractivity contribution in [2.24, 2.45) is 0 Å². The van der Waals surface area contributed by atoms with Gasteiger partial charge in [0.25, 0.3) is 5.91 Å². The normalized spacial score (nSPS) is 11.3. The van der Waals surface area contributed by atoms with Gasteiger partial charge in [-0.3, -0.25) is 9.52 Å². The van der Waals surface area contributed by atoms with Crippen molar-refractivity contribution >= 4 is 21.6 Å². The first-order chi connectivity index (χ1) is 13.2. The van der Waals surface area contributed by atoms with Gasteiger partial charge < -0.3 is 4.90 Å². The number of aryl methyl sites for hydroxylation is 1. The van der Waals surface area contributed by atoms with Crippen LogP contribution in [0.1, 0.15) is 47.7 Å². The van der Waals surface area contributed by atoms with Crippen molar-refractivity contribution in [3.63, 3.8) is 0 Å². The van der Waals surface area contributed by atoms with Gasteiger partial charge in [0.2, 0.25) is 10.0 Å². The lowest BCUT2D eigenvalue weighted by molar-refractivity contribution is 0.0740. The van der Waals surface area contributed by atoms with Gasteiger partial charge >= 0.3 is 0 Å². The van der Waals surface area contributed by atoms with E-state index in [0.29, 0.717) is 24.3 Å². The highest BCUT2D eigenvalue weighted by atomic mass is 32.2. The number of halogens is 1. The number of unbranched alkanes of at least 4 members (excludes halogenated alkanes) is 2. The average molecular weight is 407 g/mol. The molecule has 2 aromatic rings. The van der Waals surface area contributed by atoms with Crippen LogP contribution in [0.2, 0.25) is 0 Å². The Morgan fingerprint density at radius 2 is 1.79 bits per heavy atom. The first-order valence-corrected chi connectivity index (χ1v) is 11.2. The summed E-state index contributed by atoms with van der Waals surface area (Å²) >= 11 is 0. The number of hydrogen-bond donors (Lipinski definition) is 1. The number of rotatable bonds is 9. The van der Waals surface area contributed by atoms with Gasteiger partial charge in [0.05, 0.1) is 11.9 Å². The zero-order chi connectivity index (χ0) is 20.7. The highest BCUT2D eigenvalue weighted by molar-refractivity contribution is 7.92. The van der Waals surface area contributed by atoms with E-state index in [1.165, 1.54) is 12.1 Å². The molecule has 2 aromatic carbocycles. The number of hydrogen-bond acceptors (Lipinski definition) is 3. The summed E-state index contributed by atoms with van der Waals surface area (Å²) in [6.45, 7) is 4.81. The molecule has 0 spiro atoms. The number of benzene rings is 2. The molecule has 0 fully saturated rings. The molecular weight excluding hydrogens is 379 g/mol. The standard InChI is InChI=1S/C21H27FN2O3S/c1-4-5-6-13-24(15-17-8-11-19(22)12-9-17)21(25)18-10-7-16(2)20(14-18)23-28(3,26)27/h7-12,14,23H,4-6,13,15H2,1-3H3. The van der Waals surface area contributed by atoms with Gasteiger partial charge in [-0.05, 0) is 48.7 Å². The van der Waals surface area contributed by atoms with Crippen molar-refractivity contribution in [1.29, 1.82) is 0 Å². The summed E-state index contributed by atoms with van der Waals surface area (Å²) in [6, 6.07) is 11.1. The molecule has 2 rings (SSSR count). The molecule has 5 nitrogen and oxygen atoms in total. The molecule has 152 valence electrons. The van der Waals surface area contributed by atoms with E-state index in [-0.39, 0.29) is 11.7 Å². The summed E-state index contributed by atoms with van der Waals surface area (Å²) < 4.78 is 38.8. The fourth-order valence-corrected chi connectivity index (χ4v) is 3.48. The van der Waals surface area contributed by atoms with Crippen LogP contribution in [0.3, 0.4) is 0 Å². The molecule has 0 aliphatic heterocycles. The lowest BCUT2D eigenvalue weighted by Gasteiger charge is -2.23. The van der Waals surface area contributed by atoms with Crippen LogP contribution in [-0.4, -0.2) is 32.0 Å². The molecule has 0 unspecified atom stereocenters. The summed E-state index contributed by atoms with van der Waals surface area (Å²) in [5.41, 5.74) is 2.38. The zero-order valence-corrected chi connectivity index (χ0v) is 17.4. The van der Waals surface area contributed by atoms with E-state index in [1.807, 2.05) is 0 Å². The summed E-state index contributed by atoms with van der Waals surface area (Å²) in [7, 11) is -3.44. The Balaban J connectivity index is 2.27. The smallest absolute Gasteiger partial charge is 0.254 e. The van der Waals surface area contributed by atoms with Gasteiger partial charge in [-0.1, -0.05) is 38.0 Å². The van der Waals surface area contributed by atoms with Crippen LogP contribution in [0, 0.1) is 12.7 Å². The zero-order valence-electron chi connectivity index (χ0n) is 16.5. The molecule has 28 heavy (non-hydrogen) atoms. The number of nitrogens with zero attached hydrogens (tertiary/aromatic N) is 1. The predicted molar refractivity (Wildman–Crippen MR) is 110 cm³/mol. The summed E-state index contributed by atoms with van der Waals surface area (Å²) in [5.74, 6) is -0.500. The molecule has 0 heterocycles. The number of sulfonamides is 1. The van der Waals surface area contributed by atoms with Gasteiger partial charge in [0, 0.05) is 18.7 Å². The van der Waals surface area contributed by atoms with Crippen LogP contribution >= 0.6 is 0 Å². The Morgan fingerprint density at radius 1 is 1.11 bits per heavy atom. The monoisotopic (exact) mass is 406 g/mol. The van der Waals surface area contributed by atoms with Crippen LogP contribution in [0.15, 0.2) is 42.5 Å². The lowest BCUT2D eigenvalue weighted by atomic mass is 10.1. The first-order valence-electron chi connectivity index (χ1n) is 9.31. The molecule has 0 aromatic heterocycles.